The molecule has 0 unspecified atom stereocenters. The maximum Gasteiger partial charge on any atom is 0.291 e. The predicted octanol–water partition coefficient (Wildman–Crippen LogP) is 5.00. The standard InChI is InChI=1S/C19H15BrClN3O3/c20-12-3-6-14(7-4-12)23-18(25)11-22-15-8-5-13(21)10-16(15)24-19(26)17-2-1-9-27-17/h1-10,22H,11H2,(H,23,25)(H,24,26). The van der Waals surface area contributed by atoms with E-state index in [1.807, 2.05) is 12.1 Å². The quantitative estimate of drug-likeness (QED) is 0.495. The van der Waals surface area contributed by atoms with Crippen LogP contribution in [0.5, 0.6) is 0 Å². The molecule has 3 aromatic rings. The molecule has 0 aliphatic carbocycles. The number of amides is 2. The Morgan fingerprint density at radius 2 is 1.78 bits per heavy atom. The van der Waals surface area contributed by atoms with Crippen LogP contribution < -0.4 is 16.0 Å². The molecule has 0 fully saturated rings. The molecular formula is C19H15BrClN3O3. The van der Waals surface area contributed by atoms with E-state index in [-0.39, 0.29) is 18.2 Å². The van der Waals surface area contributed by atoms with Gasteiger partial charge in [-0.3, -0.25) is 9.59 Å². The summed E-state index contributed by atoms with van der Waals surface area (Å²) in [6, 6.07) is 15.4. The molecule has 1 aromatic heterocycles. The zero-order valence-electron chi connectivity index (χ0n) is 14.0. The molecule has 0 atom stereocenters. The summed E-state index contributed by atoms with van der Waals surface area (Å²) in [5.41, 5.74) is 1.69. The molecule has 1 heterocycles. The molecule has 27 heavy (non-hydrogen) atoms. The SMILES string of the molecule is O=C(CNc1ccc(Cl)cc1NC(=O)c1ccco1)Nc1ccc(Br)cc1. The summed E-state index contributed by atoms with van der Waals surface area (Å²) < 4.78 is 6.01. The summed E-state index contributed by atoms with van der Waals surface area (Å²) in [5, 5.41) is 8.95. The Labute approximate surface area is 169 Å². The average Bonchev–Trinajstić information content (AvgIpc) is 3.18. The Kier molecular flexibility index (Phi) is 6.16. The first-order chi connectivity index (χ1) is 13.0. The number of rotatable bonds is 6. The summed E-state index contributed by atoms with van der Waals surface area (Å²) in [6.07, 6.45) is 1.42. The van der Waals surface area contributed by atoms with Crippen molar-refractivity contribution in [2.75, 3.05) is 22.5 Å². The Balaban J connectivity index is 1.64. The molecule has 3 rings (SSSR count). The first-order valence-electron chi connectivity index (χ1n) is 7.95. The van der Waals surface area contributed by atoms with Gasteiger partial charge in [0.25, 0.3) is 5.91 Å². The van der Waals surface area contributed by atoms with Crippen LogP contribution in [0, 0.1) is 0 Å². The molecule has 0 bridgehead atoms. The van der Waals surface area contributed by atoms with Crippen molar-refractivity contribution in [1.82, 2.24) is 0 Å². The number of halogens is 2. The molecule has 0 saturated heterocycles. The smallest absolute Gasteiger partial charge is 0.291 e. The summed E-state index contributed by atoms with van der Waals surface area (Å²) in [7, 11) is 0. The molecule has 6 nitrogen and oxygen atoms in total. The molecule has 3 N–H and O–H groups in total. The number of carbonyl (C=O) groups excluding carboxylic acids is 2. The number of carbonyl (C=O) groups is 2. The minimum Gasteiger partial charge on any atom is -0.459 e. The Bertz CT molecular complexity index is 943. The van der Waals surface area contributed by atoms with Crippen LogP contribution in [0.3, 0.4) is 0 Å². The molecule has 0 radical (unpaired) electrons. The Morgan fingerprint density at radius 1 is 1.00 bits per heavy atom. The van der Waals surface area contributed by atoms with Crippen LogP contribution in [0.2, 0.25) is 5.02 Å². The van der Waals surface area contributed by atoms with Gasteiger partial charge < -0.3 is 20.4 Å². The van der Waals surface area contributed by atoms with Crippen LogP contribution >= 0.6 is 27.5 Å². The van der Waals surface area contributed by atoms with Crippen molar-refractivity contribution in [2.24, 2.45) is 0 Å². The minimum atomic E-state index is -0.412. The molecule has 8 heteroatoms. The van der Waals surface area contributed by atoms with Crippen LogP contribution in [-0.2, 0) is 4.79 Å². The third-order valence-corrected chi connectivity index (χ3v) is 4.31. The second kappa shape index (κ2) is 8.75. The summed E-state index contributed by atoms with van der Waals surface area (Å²) in [6.45, 7) is 0.0152. The van der Waals surface area contributed by atoms with Crippen molar-refractivity contribution in [3.63, 3.8) is 0 Å². The Morgan fingerprint density at radius 3 is 2.48 bits per heavy atom. The number of nitrogens with one attached hydrogen (secondary N) is 3. The highest BCUT2D eigenvalue weighted by molar-refractivity contribution is 9.10. The van der Waals surface area contributed by atoms with E-state index in [2.05, 4.69) is 31.9 Å². The highest BCUT2D eigenvalue weighted by atomic mass is 79.9. The number of hydrogen-bond donors (Lipinski definition) is 3. The van der Waals surface area contributed by atoms with E-state index in [1.54, 1.807) is 42.5 Å². The highest BCUT2D eigenvalue weighted by Gasteiger charge is 2.13. The number of benzene rings is 2. The van der Waals surface area contributed by atoms with E-state index in [1.165, 1.54) is 6.26 Å². The van der Waals surface area contributed by atoms with Gasteiger partial charge in [0, 0.05) is 15.2 Å². The maximum atomic E-state index is 12.2. The summed E-state index contributed by atoms with van der Waals surface area (Å²) in [4.78, 5) is 24.3. The lowest BCUT2D eigenvalue weighted by Gasteiger charge is -2.13. The number of furan rings is 1. The van der Waals surface area contributed by atoms with Crippen LogP contribution in [0.15, 0.2) is 69.8 Å². The predicted molar refractivity (Wildman–Crippen MR) is 109 cm³/mol. The lowest BCUT2D eigenvalue weighted by molar-refractivity contribution is -0.114. The van der Waals surface area contributed by atoms with Crippen molar-refractivity contribution in [2.45, 2.75) is 0 Å². The van der Waals surface area contributed by atoms with Crippen LogP contribution in [0.1, 0.15) is 10.6 Å². The first-order valence-corrected chi connectivity index (χ1v) is 9.12. The third kappa shape index (κ3) is 5.35. The van der Waals surface area contributed by atoms with Gasteiger partial charge in [0.2, 0.25) is 5.91 Å². The highest BCUT2D eigenvalue weighted by Crippen LogP contribution is 2.26. The molecule has 0 aliphatic heterocycles. The third-order valence-electron chi connectivity index (χ3n) is 3.54. The molecular weight excluding hydrogens is 434 g/mol. The van der Waals surface area contributed by atoms with Gasteiger partial charge in [-0.1, -0.05) is 27.5 Å². The van der Waals surface area contributed by atoms with Crippen molar-refractivity contribution < 1.29 is 14.0 Å². The van der Waals surface area contributed by atoms with Crippen molar-refractivity contribution in [1.29, 1.82) is 0 Å². The second-order valence-electron chi connectivity index (χ2n) is 5.53. The zero-order chi connectivity index (χ0) is 19.2. The van der Waals surface area contributed by atoms with Gasteiger partial charge >= 0.3 is 0 Å². The van der Waals surface area contributed by atoms with Crippen molar-refractivity contribution in [3.8, 4) is 0 Å². The largest absolute Gasteiger partial charge is 0.459 e. The molecule has 0 spiro atoms. The molecule has 2 amide bonds. The molecule has 2 aromatic carbocycles. The fourth-order valence-electron chi connectivity index (χ4n) is 2.28. The number of anilines is 3. The van der Waals surface area contributed by atoms with Gasteiger partial charge in [-0.2, -0.15) is 0 Å². The van der Waals surface area contributed by atoms with Gasteiger partial charge in [-0.25, -0.2) is 0 Å². The summed E-state index contributed by atoms with van der Waals surface area (Å²) in [5.74, 6) is -0.464. The van der Waals surface area contributed by atoms with E-state index in [9.17, 15) is 9.59 Å². The van der Waals surface area contributed by atoms with E-state index >= 15 is 0 Å². The van der Waals surface area contributed by atoms with E-state index in [0.29, 0.717) is 22.1 Å². The zero-order valence-corrected chi connectivity index (χ0v) is 16.3. The van der Waals surface area contributed by atoms with Gasteiger partial charge in [0.15, 0.2) is 5.76 Å². The second-order valence-corrected chi connectivity index (χ2v) is 6.88. The van der Waals surface area contributed by atoms with Gasteiger partial charge in [0.1, 0.15) is 0 Å². The van der Waals surface area contributed by atoms with Crippen LogP contribution in [0.4, 0.5) is 17.1 Å². The summed E-state index contributed by atoms with van der Waals surface area (Å²) >= 11 is 9.37. The van der Waals surface area contributed by atoms with Crippen molar-refractivity contribution in [3.05, 3.63) is 76.1 Å². The fraction of sp³-hybridized carbons (Fsp3) is 0.0526. The van der Waals surface area contributed by atoms with Crippen LogP contribution in [0.25, 0.3) is 0 Å². The van der Waals surface area contributed by atoms with Crippen LogP contribution in [-0.4, -0.2) is 18.4 Å². The number of hydrogen-bond acceptors (Lipinski definition) is 4. The average molecular weight is 449 g/mol. The maximum absolute atomic E-state index is 12.2. The normalized spacial score (nSPS) is 10.3. The van der Waals surface area contributed by atoms with Gasteiger partial charge in [-0.05, 0) is 54.6 Å². The van der Waals surface area contributed by atoms with Gasteiger partial charge in [-0.15, -0.1) is 0 Å². The van der Waals surface area contributed by atoms with E-state index in [4.69, 9.17) is 16.0 Å². The molecule has 0 aliphatic rings. The molecule has 0 saturated carbocycles. The lowest BCUT2D eigenvalue weighted by Crippen LogP contribution is -2.22. The lowest BCUT2D eigenvalue weighted by atomic mass is 10.2. The Hall–Kier alpha value is -2.77. The monoisotopic (exact) mass is 447 g/mol. The minimum absolute atomic E-state index is 0.0152. The van der Waals surface area contributed by atoms with E-state index in [0.717, 1.165) is 4.47 Å². The van der Waals surface area contributed by atoms with Crippen molar-refractivity contribution >= 4 is 56.4 Å². The van der Waals surface area contributed by atoms with Gasteiger partial charge in [0.05, 0.1) is 24.2 Å². The van der Waals surface area contributed by atoms with E-state index < -0.39 is 5.91 Å². The first kappa shape index (κ1) is 19.0. The molecule has 138 valence electrons. The topological polar surface area (TPSA) is 83.4 Å². The fourth-order valence-corrected chi connectivity index (χ4v) is 2.72.